The fourth-order valence-electron chi connectivity index (χ4n) is 3.75. The van der Waals surface area contributed by atoms with Crippen LogP contribution in [0.15, 0.2) is 53.9 Å². The van der Waals surface area contributed by atoms with E-state index in [-0.39, 0.29) is 5.75 Å². The fourth-order valence-corrected chi connectivity index (χ4v) is 6.08. The number of hydrogen-bond acceptors (Lipinski definition) is 7. The summed E-state index contributed by atoms with van der Waals surface area (Å²) in [6.07, 6.45) is 0. The number of benzene rings is 2. The first-order valence-electron chi connectivity index (χ1n) is 10.4. The van der Waals surface area contributed by atoms with Crippen molar-refractivity contribution in [2.75, 3.05) is 40.4 Å². The Morgan fingerprint density at radius 2 is 1.69 bits per heavy atom. The molecule has 0 atom stereocenters. The zero-order valence-electron chi connectivity index (χ0n) is 18.2. The Morgan fingerprint density at radius 1 is 0.969 bits per heavy atom. The molecule has 9 heteroatoms. The van der Waals surface area contributed by atoms with Crippen molar-refractivity contribution in [3.63, 3.8) is 0 Å². The van der Waals surface area contributed by atoms with E-state index in [4.69, 9.17) is 14.5 Å². The van der Waals surface area contributed by atoms with E-state index in [0.29, 0.717) is 44.2 Å². The quantitative estimate of drug-likeness (QED) is 0.499. The summed E-state index contributed by atoms with van der Waals surface area (Å²) < 4.78 is 37.8. The van der Waals surface area contributed by atoms with Crippen LogP contribution in [0.4, 0.5) is 0 Å². The Bertz CT molecular complexity index is 1140. The number of sulfonamides is 1. The lowest BCUT2D eigenvalue weighted by Crippen LogP contribution is -2.48. The molecule has 7 nitrogen and oxygen atoms in total. The number of thiazole rings is 1. The molecule has 0 unspecified atom stereocenters. The molecule has 3 aromatic rings. The maximum atomic E-state index is 12.8. The molecule has 1 aliphatic rings. The van der Waals surface area contributed by atoms with Gasteiger partial charge in [-0.25, -0.2) is 13.4 Å². The van der Waals surface area contributed by atoms with Crippen LogP contribution in [0.5, 0.6) is 11.5 Å². The maximum Gasteiger partial charge on any atom is 0.218 e. The van der Waals surface area contributed by atoms with Gasteiger partial charge in [0.25, 0.3) is 0 Å². The summed E-state index contributed by atoms with van der Waals surface area (Å²) in [6.45, 7) is 3.09. The number of ether oxygens (including phenoxy) is 2. The van der Waals surface area contributed by atoms with Crippen molar-refractivity contribution in [2.24, 2.45) is 0 Å². The molecule has 170 valence electrons. The lowest BCUT2D eigenvalue weighted by Gasteiger charge is -2.33. The molecule has 0 bridgehead atoms. The average Bonchev–Trinajstić information content (AvgIpc) is 3.28. The minimum absolute atomic E-state index is 0.0502. The van der Waals surface area contributed by atoms with Crippen LogP contribution in [0.2, 0.25) is 0 Å². The Morgan fingerprint density at radius 3 is 2.38 bits per heavy atom. The van der Waals surface area contributed by atoms with Gasteiger partial charge < -0.3 is 9.47 Å². The van der Waals surface area contributed by atoms with E-state index in [1.807, 2.05) is 48.5 Å². The summed E-state index contributed by atoms with van der Waals surface area (Å²) in [4.78, 5) is 7.03. The number of rotatable bonds is 8. The second-order valence-corrected chi connectivity index (χ2v) is 10.5. The molecule has 4 rings (SSSR count). The lowest BCUT2D eigenvalue weighted by molar-refractivity contribution is 0.180. The highest BCUT2D eigenvalue weighted by molar-refractivity contribution is 7.88. The molecular formula is C23H27N3O4S2. The third kappa shape index (κ3) is 5.29. The van der Waals surface area contributed by atoms with Crippen LogP contribution in [0, 0.1) is 0 Å². The van der Waals surface area contributed by atoms with Crippen LogP contribution in [0.25, 0.3) is 10.6 Å². The van der Waals surface area contributed by atoms with Crippen LogP contribution in [0.3, 0.4) is 0 Å². The van der Waals surface area contributed by atoms with Gasteiger partial charge in [0.15, 0.2) is 11.5 Å². The van der Waals surface area contributed by atoms with Crippen molar-refractivity contribution >= 4 is 21.4 Å². The number of methoxy groups -OCH3 is 2. The third-order valence-electron chi connectivity index (χ3n) is 5.48. The maximum absolute atomic E-state index is 12.8. The summed E-state index contributed by atoms with van der Waals surface area (Å²) in [5.74, 6) is 1.41. The van der Waals surface area contributed by atoms with Crippen LogP contribution in [-0.4, -0.2) is 63.0 Å². The van der Waals surface area contributed by atoms with E-state index in [0.717, 1.165) is 21.8 Å². The Labute approximate surface area is 193 Å². The van der Waals surface area contributed by atoms with Gasteiger partial charge in [-0.3, -0.25) is 4.90 Å². The van der Waals surface area contributed by atoms with Gasteiger partial charge in [0, 0.05) is 43.7 Å². The highest BCUT2D eigenvalue weighted by Crippen LogP contribution is 2.33. The molecule has 1 aliphatic heterocycles. The highest BCUT2D eigenvalue weighted by atomic mass is 32.2. The van der Waals surface area contributed by atoms with Crippen LogP contribution >= 0.6 is 11.3 Å². The highest BCUT2D eigenvalue weighted by Gasteiger charge is 2.27. The largest absolute Gasteiger partial charge is 0.493 e. The smallest absolute Gasteiger partial charge is 0.218 e. The zero-order valence-corrected chi connectivity index (χ0v) is 19.9. The second-order valence-electron chi connectivity index (χ2n) is 7.63. The number of aromatic nitrogens is 1. The van der Waals surface area contributed by atoms with Crippen LogP contribution in [0.1, 0.15) is 11.3 Å². The van der Waals surface area contributed by atoms with Crippen LogP contribution in [-0.2, 0) is 22.3 Å². The van der Waals surface area contributed by atoms with Crippen molar-refractivity contribution in [1.82, 2.24) is 14.2 Å². The Hall–Kier alpha value is -2.46. The van der Waals surface area contributed by atoms with Crippen molar-refractivity contribution in [2.45, 2.75) is 12.3 Å². The van der Waals surface area contributed by atoms with Crippen molar-refractivity contribution < 1.29 is 17.9 Å². The molecular weight excluding hydrogens is 446 g/mol. The third-order valence-corrected chi connectivity index (χ3v) is 8.27. The van der Waals surface area contributed by atoms with Gasteiger partial charge in [-0.2, -0.15) is 4.31 Å². The van der Waals surface area contributed by atoms with Gasteiger partial charge in [0.05, 0.1) is 25.7 Å². The van der Waals surface area contributed by atoms with E-state index < -0.39 is 10.0 Å². The fraction of sp³-hybridized carbons (Fsp3) is 0.348. The Kier molecular flexibility index (Phi) is 7.10. The standard InChI is InChI=1S/C23H27N3O4S2/c1-29-21-9-8-19(14-22(21)30-2)23-24-20(16-31-23)15-25-10-12-26(13-11-25)32(27,28)17-18-6-4-3-5-7-18/h3-9,14,16H,10-13,15,17H2,1-2H3. The van der Waals surface area contributed by atoms with E-state index in [2.05, 4.69) is 10.3 Å². The normalized spacial score (nSPS) is 15.6. The topological polar surface area (TPSA) is 72.0 Å². The molecule has 2 aromatic carbocycles. The van der Waals surface area contributed by atoms with Gasteiger partial charge in [-0.1, -0.05) is 30.3 Å². The number of piperazine rings is 1. The summed E-state index contributed by atoms with van der Waals surface area (Å²) in [5.41, 5.74) is 2.79. The van der Waals surface area contributed by atoms with Gasteiger partial charge in [0.1, 0.15) is 5.01 Å². The molecule has 1 aromatic heterocycles. The van der Waals surface area contributed by atoms with Crippen molar-refractivity contribution in [3.8, 4) is 22.1 Å². The first-order valence-corrected chi connectivity index (χ1v) is 12.9. The molecule has 2 heterocycles. The van der Waals surface area contributed by atoms with Gasteiger partial charge in [0.2, 0.25) is 10.0 Å². The first-order chi connectivity index (χ1) is 15.5. The van der Waals surface area contributed by atoms with Crippen molar-refractivity contribution in [1.29, 1.82) is 0 Å². The molecule has 1 fully saturated rings. The average molecular weight is 474 g/mol. The molecule has 0 aliphatic carbocycles. The molecule has 0 N–H and O–H groups in total. The predicted molar refractivity (Wildman–Crippen MR) is 127 cm³/mol. The monoisotopic (exact) mass is 473 g/mol. The minimum atomic E-state index is -3.31. The second kappa shape index (κ2) is 9.99. The molecule has 0 radical (unpaired) electrons. The van der Waals surface area contributed by atoms with Gasteiger partial charge in [-0.15, -0.1) is 11.3 Å². The SMILES string of the molecule is COc1ccc(-c2nc(CN3CCN(S(=O)(=O)Cc4ccccc4)CC3)cs2)cc1OC. The van der Waals surface area contributed by atoms with E-state index >= 15 is 0 Å². The van der Waals surface area contributed by atoms with Gasteiger partial charge >= 0.3 is 0 Å². The molecule has 0 saturated carbocycles. The molecule has 1 saturated heterocycles. The van der Waals surface area contributed by atoms with E-state index in [1.165, 1.54) is 0 Å². The van der Waals surface area contributed by atoms with E-state index in [9.17, 15) is 8.42 Å². The first kappa shape index (κ1) is 22.7. The van der Waals surface area contributed by atoms with Gasteiger partial charge in [-0.05, 0) is 23.8 Å². The predicted octanol–water partition coefficient (Wildman–Crippen LogP) is 3.47. The van der Waals surface area contributed by atoms with Crippen molar-refractivity contribution in [3.05, 3.63) is 65.2 Å². The Balaban J connectivity index is 1.35. The number of nitrogens with zero attached hydrogens (tertiary/aromatic N) is 3. The number of hydrogen-bond donors (Lipinski definition) is 0. The van der Waals surface area contributed by atoms with E-state index in [1.54, 1.807) is 29.9 Å². The van der Waals surface area contributed by atoms with Crippen LogP contribution < -0.4 is 9.47 Å². The molecule has 32 heavy (non-hydrogen) atoms. The lowest BCUT2D eigenvalue weighted by atomic mass is 10.2. The summed E-state index contributed by atoms with van der Waals surface area (Å²) in [6, 6.07) is 15.1. The zero-order chi connectivity index (χ0) is 22.6. The summed E-state index contributed by atoms with van der Waals surface area (Å²) in [5, 5.41) is 2.98. The summed E-state index contributed by atoms with van der Waals surface area (Å²) in [7, 11) is -0.0696. The minimum Gasteiger partial charge on any atom is -0.493 e. The molecule has 0 spiro atoms. The molecule has 0 amide bonds. The summed E-state index contributed by atoms with van der Waals surface area (Å²) >= 11 is 1.59.